The van der Waals surface area contributed by atoms with Gasteiger partial charge in [-0.05, 0) is 16.4 Å². The predicted octanol–water partition coefficient (Wildman–Crippen LogP) is 2.64. The number of allylic oxidation sites excluding steroid dienone is 1. The molecule has 0 unspecified atom stereocenters. The second-order valence-corrected chi connectivity index (χ2v) is 2.40. The van der Waals surface area contributed by atoms with E-state index >= 15 is 0 Å². The Labute approximate surface area is 48.5 Å². The van der Waals surface area contributed by atoms with E-state index in [-0.39, 0.29) is 0 Å². The van der Waals surface area contributed by atoms with Crippen LogP contribution in [0.3, 0.4) is 0 Å². The van der Waals surface area contributed by atoms with Gasteiger partial charge < -0.3 is 0 Å². The molecule has 0 saturated carbocycles. The van der Waals surface area contributed by atoms with E-state index in [0.717, 1.165) is 4.48 Å². The summed E-state index contributed by atoms with van der Waals surface area (Å²) in [5.74, 6) is 0. The molecule has 0 amide bonds. The van der Waals surface area contributed by atoms with Crippen LogP contribution in [0, 0.1) is 0 Å². The van der Waals surface area contributed by atoms with Gasteiger partial charge in [0.1, 0.15) is 0 Å². The quantitative estimate of drug-likeness (QED) is 0.563. The lowest BCUT2D eigenvalue weighted by molar-refractivity contribution is 1.75. The maximum Gasteiger partial charge on any atom is -0.00113 e. The van der Waals surface area contributed by atoms with Gasteiger partial charge in [-0.2, -0.15) is 0 Å². The Morgan fingerprint density at radius 1 is 1.80 bits per heavy atom. The van der Waals surface area contributed by atoms with E-state index < -0.39 is 0 Å². The normalized spacial score (nSPS) is 12.2. The average molecular weight is 200 g/mol. The molecule has 0 fully saturated rings. The van der Waals surface area contributed by atoms with Gasteiger partial charge in [-0.25, -0.2) is 0 Å². The summed E-state index contributed by atoms with van der Waals surface area (Å²) in [4.78, 5) is 1.81. The maximum atomic E-state index is 3.19. The predicted molar refractivity (Wildman–Crippen MR) is 31.6 cm³/mol. The molecular formula is C3H4Br2. The average Bonchev–Trinajstić information content (AvgIpc) is 1.38. The Bertz CT molecular complexity index is 42.9. The van der Waals surface area contributed by atoms with E-state index in [1.54, 1.807) is 0 Å². The minimum Gasteiger partial charge on any atom is -0.0586 e. The first-order chi connectivity index (χ1) is 2.27. The Kier molecular flexibility index (Phi) is 3.32. The summed E-state index contributed by atoms with van der Waals surface area (Å²) in [6.45, 7) is 1.95. The minimum atomic E-state index is 1.11. The number of hydrogen-bond donors (Lipinski definition) is 0. The molecule has 2 heteroatoms. The van der Waals surface area contributed by atoms with E-state index in [9.17, 15) is 0 Å². The lowest BCUT2D eigenvalue weighted by Crippen LogP contribution is -1.39. The van der Waals surface area contributed by atoms with Crippen LogP contribution in [-0.2, 0) is 0 Å². The molecule has 0 heterocycles. The summed E-state index contributed by atoms with van der Waals surface area (Å²) >= 11 is 6.29. The van der Waals surface area contributed by atoms with Crippen molar-refractivity contribution >= 4 is 31.9 Å². The lowest BCUT2D eigenvalue weighted by Gasteiger charge is -1.69. The van der Waals surface area contributed by atoms with Crippen molar-refractivity contribution in [2.24, 2.45) is 0 Å². The third-order valence-corrected chi connectivity index (χ3v) is 1.68. The zero-order chi connectivity index (χ0) is 4.28. The van der Waals surface area contributed by atoms with Gasteiger partial charge in [-0.1, -0.05) is 31.9 Å². The molecule has 0 aromatic carbocycles. The van der Waals surface area contributed by atoms with Crippen molar-refractivity contribution in [3.8, 4) is 0 Å². The second-order valence-electron chi connectivity index (χ2n) is 0.696. The zero-order valence-corrected chi connectivity index (χ0v) is 6.01. The third-order valence-electron chi connectivity index (χ3n) is 0.150. The zero-order valence-electron chi connectivity index (χ0n) is 2.83. The molecule has 0 rings (SSSR count). The highest BCUT2D eigenvalue weighted by Gasteiger charge is 1.65. The van der Waals surface area contributed by atoms with Gasteiger partial charge >= 0.3 is 0 Å². The van der Waals surface area contributed by atoms with E-state index in [4.69, 9.17) is 0 Å². The van der Waals surface area contributed by atoms with Crippen LogP contribution in [0.5, 0.6) is 0 Å². The van der Waals surface area contributed by atoms with Crippen LogP contribution >= 0.6 is 31.9 Å². The maximum absolute atomic E-state index is 3.19. The molecule has 0 aromatic rings. The molecule has 0 spiro atoms. The van der Waals surface area contributed by atoms with E-state index in [2.05, 4.69) is 31.9 Å². The fraction of sp³-hybridized carbons (Fsp3) is 0.333. The van der Waals surface area contributed by atoms with Crippen molar-refractivity contribution < 1.29 is 0 Å². The van der Waals surface area contributed by atoms with Crippen LogP contribution < -0.4 is 0 Å². The summed E-state index contributed by atoms with van der Waals surface area (Å²) in [7, 11) is 0. The Hall–Kier alpha value is 0.700. The largest absolute Gasteiger partial charge is 0.0586 e. The third kappa shape index (κ3) is 4.70. The van der Waals surface area contributed by atoms with Crippen LogP contribution in [0.15, 0.2) is 9.47 Å². The molecule has 0 radical (unpaired) electrons. The standard InChI is InChI=1S/C3H4Br2/c1-3(5)2-4/h2H,1H3/b3-2+. The Morgan fingerprint density at radius 3 is 2.00 bits per heavy atom. The molecule has 30 valence electrons. The number of rotatable bonds is 0. The fourth-order valence-corrected chi connectivity index (χ4v) is 0. The van der Waals surface area contributed by atoms with Crippen molar-refractivity contribution in [3.63, 3.8) is 0 Å². The van der Waals surface area contributed by atoms with Gasteiger partial charge in [-0.15, -0.1) is 0 Å². The van der Waals surface area contributed by atoms with Crippen LogP contribution in [-0.4, -0.2) is 0 Å². The summed E-state index contributed by atoms with van der Waals surface area (Å²) < 4.78 is 1.11. The van der Waals surface area contributed by atoms with Crippen LogP contribution in [0.25, 0.3) is 0 Å². The number of hydrogen-bond acceptors (Lipinski definition) is 0. The summed E-state index contributed by atoms with van der Waals surface area (Å²) in [5.41, 5.74) is 0. The topological polar surface area (TPSA) is 0 Å². The van der Waals surface area contributed by atoms with Crippen molar-refractivity contribution in [2.75, 3.05) is 0 Å². The van der Waals surface area contributed by atoms with Crippen molar-refractivity contribution in [2.45, 2.75) is 6.92 Å². The van der Waals surface area contributed by atoms with Crippen LogP contribution in [0.4, 0.5) is 0 Å². The van der Waals surface area contributed by atoms with E-state index in [0.29, 0.717) is 0 Å². The molecule has 0 aliphatic rings. The molecule has 0 aliphatic carbocycles. The van der Waals surface area contributed by atoms with Crippen LogP contribution in [0.2, 0.25) is 0 Å². The van der Waals surface area contributed by atoms with Crippen molar-refractivity contribution in [1.29, 1.82) is 0 Å². The van der Waals surface area contributed by atoms with Gasteiger partial charge in [0.05, 0.1) is 0 Å². The van der Waals surface area contributed by atoms with Gasteiger partial charge in [0.2, 0.25) is 0 Å². The lowest BCUT2D eigenvalue weighted by atomic mass is 10.8. The van der Waals surface area contributed by atoms with Gasteiger partial charge in [0.15, 0.2) is 0 Å². The van der Waals surface area contributed by atoms with Gasteiger partial charge in [-0.3, -0.25) is 0 Å². The summed E-state index contributed by atoms with van der Waals surface area (Å²) in [6, 6.07) is 0. The molecule has 5 heavy (non-hydrogen) atoms. The molecule has 0 nitrogen and oxygen atoms in total. The van der Waals surface area contributed by atoms with Crippen molar-refractivity contribution in [1.82, 2.24) is 0 Å². The van der Waals surface area contributed by atoms with Crippen molar-refractivity contribution in [3.05, 3.63) is 9.47 Å². The smallest absolute Gasteiger partial charge is 0.00113 e. The molecule has 0 saturated heterocycles. The molecular weight excluding hydrogens is 196 g/mol. The van der Waals surface area contributed by atoms with E-state index in [1.807, 2.05) is 11.9 Å². The highest BCUT2D eigenvalue weighted by atomic mass is 79.9. The molecule has 0 N–H and O–H groups in total. The highest BCUT2D eigenvalue weighted by Crippen LogP contribution is 2.03. The highest BCUT2D eigenvalue weighted by molar-refractivity contribution is 9.14. The summed E-state index contributed by atoms with van der Waals surface area (Å²) in [5, 5.41) is 0. The summed E-state index contributed by atoms with van der Waals surface area (Å²) in [6.07, 6.45) is 0. The molecule has 0 bridgehead atoms. The fourth-order valence-electron chi connectivity index (χ4n) is 0. The second kappa shape index (κ2) is 2.91. The van der Waals surface area contributed by atoms with Crippen LogP contribution in [0.1, 0.15) is 6.92 Å². The molecule has 0 atom stereocenters. The monoisotopic (exact) mass is 198 g/mol. The minimum absolute atomic E-state index is 1.11. The SMILES string of the molecule is C/C(Br)=C\Br. The molecule has 0 aromatic heterocycles. The van der Waals surface area contributed by atoms with E-state index in [1.165, 1.54) is 0 Å². The van der Waals surface area contributed by atoms with Gasteiger partial charge in [0.25, 0.3) is 0 Å². The Morgan fingerprint density at radius 2 is 2.00 bits per heavy atom. The molecule has 0 aliphatic heterocycles. The number of halogens is 2. The Balaban J connectivity index is 3.14. The first-order valence-corrected chi connectivity index (χ1v) is 2.90. The first kappa shape index (κ1) is 5.70. The van der Waals surface area contributed by atoms with Gasteiger partial charge in [0, 0.05) is 0 Å². The first-order valence-electron chi connectivity index (χ1n) is 1.20.